The van der Waals surface area contributed by atoms with Crippen LogP contribution in [0.3, 0.4) is 0 Å². The van der Waals surface area contributed by atoms with Gasteiger partial charge in [-0.3, -0.25) is 4.79 Å². The molecule has 17 heavy (non-hydrogen) atoms. The van der Waals surface area contributed by atoms with Gasteiger partial charge in [-0.1, -0.05) is 30.7 Å². The Kier molecular flexibility index (Phi) is 2.46. The van der Waals surface area contributed by atoms with E-state index in [2.05, 4.69) is 16.0 Å². The second-order valence-electron chi connectivity index (χ2n) is 4.91. The van der Waals surface area contributed by atoms with Crippen molar-refractivity contribution in [2.45, 2.75) is 31.1 Å². The molecule has 0 saturated heterocycles. The summed E-state index contributed by atoms with van der Waals surface area (Å²) in [5.74, 6) is 0.583. The highest BCUT2D eigenvalue weighted by Gasteiger charge is 2.44. The van der Waals surface area contributed by atoms with Crippen LogP contribution in [0.15, 0.2) is 36.8 Å². The standard InChI is InChI=1S/C14H16N2O/c17-13(11-5-4-6-11)14(7-2-1-3-8-14)12-9-15-10-16-12/h1-3,7,9-11H,4-6,8H2,(H,15,16). The zero-order valence-corrected chi connectivity index (χ0v) is 9.73. The Morgan fingerprint density at radius 1 is 1.41 bits per heavy atom. The van der Waals surface area contributed by atoms with E-state index in [9.17, 15) is 4.79 Å². The van der Waals surface area contributed by atoms with E-state index in [0.717, 1.165) is 25.0 Å². The summed E-state index contributed by atoms with van der Waals surface area (Å²) in [6.45, 7) is 0. The molecule has 1 saturated carbocycles. The van der Waals surface area contributed by atoms with Crippen LogP contribution in [0.4, 0.5) is 0 Å². The van der Waals surface area contributed by atoms with E-state index in [0.29, 0.717) is 5.78 Å². The van der Waals surface area contributed by atoms with Gasteiger partial charge in [-0.15, -0.1) is 0 Å². The number of ketones is 1. The number of H-pyrrole nitrogens is 1. The monoisotopic (exact) mass is 228 g/mol. The van der Waals surface area contributed by atoms with Gasteiger partial charge in [0, 0.05) is 12.1 Å². The first-order chi connectivity index (χ1) is 8.33. The van der Waals surface area contributed by atoms with Gasteiger partial charge < -0.3 is 4.98 Å². The van der Waals surface area contributed by atoms with Crippen LogP contribution >= 0.6 is 0 Å². The SMILES string of the molecule is O=C(C1CCC1)C1(c2c[nH]cn2)C=CC=CC1. The number of rotatable bonds is 3. The minimum atomic E-state index is -0.514. The van der Waals surface area contributed by atoms with Crippen molar-refractivity contribution in [3.05, 3.63) is 42.5 Å². The Hall–Kier alpha value is -1.64. The van der Waals surface area contributed by atoms with Gasteiger partial charge in [0.25, 0.3) is 0 Å². The van der Waals surface area contributed by atoms with E-state index in [1.165, 1.54) is 6.42 Å². The molecule has 1 atom stereocenters. The van der Waals surface area contributed by atoms with Crippen LogP contribution in [0.25, 0.3) is 0 Å². The van der Waals surface area contributed by atoms with Crippen LogP contribution in [-0.2, 0) is 10.2 Å². The smallest absolute Gasteiger partial charge is 0.152 e. The fourth-order valence-electron chi connectivity index (χ4n) is 2.66. The first kappa shape index (κ1) is 10.5. The molecule has 0 radical (unpaired) electrons. The minimum Gasteiger partial charge on any atom is -0.351 e. The number of hydrogen-bond acceptors (Lipinski definition) is 2. The quantitative estimate of drug-likeness (QED) is 0.864. The summed E-state index contributed by atoms with van der Waals surface area (Å²) in [6, 6.07) is 0. The van der Waals surface area contributed by atoms with Gasteiger partial charge in [0.05, 0.1) is 17.4 Å². The lowest BCUT2D eigenvalue weighted by Crippen LogP contribution is -2.41. The fourth-order valence-corrected chi connectivity index (χ4v) is 2.66. The van der Waals surface area contributed by atoms with Crippen LogP contribution in [0.5, 0.6) is 0 Å². The van der Waals surface area contributed by atoms with E-state index in [1.54, 1.807) is 6.33 Å². The first-order valence-corrected chi connectivity index (χ1v) is 6.21. The number of imidazole rings is 1. The minimum absolute atomic E-state index is 0.239. The van der Waals surface area contributed by atoms with Crippen LogP contribution in [0.2, 0.25) is 0 Å². The van der Waals surface area contributed by atoms with E-state index in [1.807, 2.05) is 24.4 Å². The second kappa shape index (κ2) is 3.99. The molecule has 0 aliphatic heterocycles. The molecule has 1 N–H and O–H groups in total. The van der Waals surface area contributed by atoms with Gasteiger partial charge in [0.2, 0.25) is 0 Å². The molecule has 3 rings (SSSR count). The molecule has 0 bridgehead atoms. The van der Waals surface area contributed by atoms with Crippen molar-refractivity contribution in [1.82, 2.24) is 9.97 Å². The predicted molar refractivity (Wildman–Crippen MR) is 65.5 cm³/mol. The van der Waals surface area contributed by atoms with Gasteiger partial charge in [-0.25, -0.2) is 4.98 Å². The van der Waals surface area contributed by atoms with Crippen LogP contribution in [0.1, 0.15) is 31.4 Å². The number of aromatic nitrogens is 2. The molecule has 2 aliphatic carbocycles. The molecule has 88 valence electrons. The van der Waals surface area contributed by atoms with E-state index in [4.69, 9.17) is 0 Å². The fraction of sp³-hybridized carbons (Fsp3) is 0.429. The predicted octanol–water partition coefficient (Wildman–Crippen LogP) is 2.53. The van der Waals surface area contributed by atoms with Gasteiger partial charge in [-0.2, -0.15) is 0 Å². The van der Waals surface area contributed by atoms with Crippen molar-refractivity contribution in [3.63, 3.8) is 0 Å². The Bertz CT molecular complexity index is 468. The highest BCUT2D eigenvalue weighted by molar-refractivity contribution is 5.94. The van der Waals surface area contributed by atoms with Gasteiger partial charge >= 0.3 is 0 Å². The highest BCUT2D eigenvalue weighted by atomic mass is 16.1. The van der Waals surface area contributed by atoms with Crippen molar-refractivity contribution in [2.75, 3.05) is 0 Å². The van der Waals surface area contributed by atoms with E-state index >= 15 is 0 Å². The molecule has 2 aliphatic rings. The largest absolute Gasteiger partial charge is 0.351 e. The lowest BCUT2D eigenvalue weighted by Gasteiger charge is -2.35. The van der Waals surface area contributed by atoms with Crippen molar-refractivity contribution in [1.29, 1.82) is 0 Å². The van der Waals surface area contributed by atoms with Crippen LogP contribution in [0, 0.1) is 5.92 Å². The third-order valence-corrected chi connectivity index (χ3v) is 3.94. The Balaban J connectivity index is 1.99. The number of nitrogens with zero attached hydrogens (tertiary/aromatic N) is 1. The maximum Gasteiger partial charge on any atom is 0.152 e. The zero-order valence-electron chi connectivity index (χ0n) is 9.73. The third-order valence-electron chi connectivity index (χ3n) is 3.94. The molecule has 0 aromatic carbocycles. The average molecular weight is 228 g/mol. The molecule has 1 aromatic rings. The topological polar surface area (TPSA) is 45.8 Å². The number of carbonyl (C=O) groups is 1. The number of aromatic amines is 1. The Morgan fingerprint density at radius 3 is 2.82 bits per heavy atom. The molecule has 0 amide bonds. The molecule has 1 heterocycles. The lowest BCUT2D eigenvalue weighted by atomic mass is 9.66. The van der Waals surface area contributed by atoms with Crippen LogP contribution < -0.4 is 0 Å². The third kappa shape index (κ3) is 1.57. The molecule has 3 heteroatoms. The summed E-state index contributed by atoms with van der Waals surface area (Å²) in [5.41, 5.74) is 0.342. The second-order valence-corrected chi connectivity index (χ2v) is 4.91. The molecule has 1 aromatic heterocycles. The summed E-state index contributed by atoms with van der Waals surface area (Å²) in [4.78, 5) is 19.9. The maximum atomic E-state index is 12.7. The number of Topliss-reactive ketones (excluding diaryl/α,β-unsaturated/α-hetero) is 1. The Labute approximate surface area is 101 Å². The van der Waals surface area contributed by atoms with Crippen molar-refractivity contribution >= 4 is 5.78 Å². The van der Waals surface area contributed by atoms with Crippen molar-refractivity contribution in [3.8, 4) is 0 Å². The lowest BCUT2D eigenvalue weighted by molar-refractivity contribution is -0.129. The molecule has 1 unspecified atom stereocenters. The molecule has 0 spiro atoms. The summed E-state index contributed by atoms with van der Waals surface area (Å²) in [5, 5.41) is 0. The zero-order chi connectivity index (χ0) is 11.7. The first-order valence-electron chi connectivity index (χ1n) is 6.21. The molecular weight excluding hydrogens is 212 g/mol. The molecule has 3 nitrogen and oxygen atoms in total. The van der Waals surface area contributed by atoms with Crippen LogP contribution in [-0.4, -0.2) is 15.8 Å². The maximum absolute atomic E-state index is 12.7. The summed E-state index contributed by atoms with van der Waals surface area (Å²) in [7, 11) is 0. The molecular formula is C14H16N2O. The van der Waals surface area contributed by atoms with Gasteiger partial charge in [-0.05, 0) is 19.3 Å². The Morgan fingerprint density at radius 2 is 2.29 bits per heavy atom. The number of hydrogen-bond donors (Lipinski definition) is 1. The number of allylic oxidation sites excluding steroid dienone is 4. The van der Waals surface area contributed by atoms with Gasteiger partial charge in [0.1, 0.15) is 0 Å². The summed E-state index contributed by atoms with van der Waals surface area (Å²) < 4.78 is 0. The normalized spacial score (nSPS) is 28.0. The van der Waals surface area contributed by atoms with E-state index in [-0.39, 0.29) is 5.92 Å². The molecule has 1 fully saturated rings. The summed E-state index contributed by atoms with van der Waals surface area (Å²) >= 11 is 0. The van der Waals surface area contributed by atoms with Crippen molar-refractivity contribution < 1.29 is 4.79 Å². The number of nitrogens with one attached hydrogen (secondary N) is 1. The summed E-state index contributed by atoms with van der Waals surface area (Å²) in [6.07, 6.45) is 15.6. The highest BCUT2D eigenvalue weighted by Crippen LogP contribution is 2.40. The van der Waals surface area contributed by atoms with Crippen molar-refractivity contribution in [2.24, 2.45) is 5.92 Å². The van der Waals surface area contributed by atoms with Gasteiger partial charge in [0.15, 0.2) is 5.78 Å². The number of carbonyl (C=O) groups excluding carboxylic acids is 1. The van der Waals surface area contributed by atoms with E-state index < -0.39 is 5.41 Å². The average Bonchev–Trinajstić information content (AvgIpc) is 2.81.